The molecule has 2 aromatic heterocycles. The molecular formula is C21H26FN5OS. The first-order valence-electron chi connectivity index (χ1n) is 9.72. The summed E-state index contributed by atoms with van der Waals surface area (Å²) in [6.45, 7) is 8.30. The van der Waals surface area contributed by atoms with Crippen LogP contribution in [0.15, 0.2) is 45.3 Å². The van der Waals surface area contributed by atoms with Gasteiger partial charge in [-0.1, -0.05) is 13.8 Å². The molecular weight excluding hydrogens is 389 g/mol. The van der Waals surface area contributed by atoms with Crippen LogP contribution in [-0.2, 0) is 13.0 Å². The monoisotopic (exact) mass is 415 g/mol. The lowest BCUT2D eigenvalue weighted by molar-refractivity contribution is 0.571. The molecule has 0 saturated heterocycles. The average molecular weight is 416 g/mol. The highest BCUT2D eigenvalue weighted by atomic mass is 32.1. The number of halogens is 1. The van der Waals surface area contributed by atoms with Gasteiger partial charge in [-0.25, -0.2) is 19.4 Å². The summed E-state index contributed by atoms with van der Waals surface area (Å²) in [6.07, 6.45) is 2.32. The maximum Gasteiger partial charge on any atom is 0.226 e. The molecule has 1 aromatic carbocycles. The highest BCUT2D eigenvalue weighted by Crippen LogP contribution is 2.19. The second-order valence-corrected chi connectivity index (χ2v) is 7.79. The van der Waals surface area contributed by atoms with Crippen molar-refractivity contribution in [3.63, 3.8) is 0 Å². The Labute approximate surface area is 174 Å². The van der Waals surface area contributed by atoms with Crippen LogP contribution in [0.2, 0.25) is 0 Å². The number of benzene rings is 1. The van der Waals surface area contributed by atoms with E-state index in [2.05, 4.69) is 44.8 Å². The Kier molecular flexibility index (Phi) is 7.35. The van der Waals surface area contributed by atoms with Crippen molar-refractivity contribution in [3.05, 3.63) is 58.1 Å². The fourth-order valence-corrected chi connectivity index (χ4v) is 3.49. The van der Waals surface area contributed by atoms with E-state index in [1.807, 2.05) is 6.92 Å². The molecule has 0 aliphatic rings. The maximum atomic E-state index is 13.0. The lowest BCUT2D eigenvalue weighted by atomic mass is 10.2. The third-order valence-electron chi connectivity index (χ3n) is 4.19. The second kappa shape index (κ2) is 10.2. The fraction of sp³-hybridized carbons (Fsp3) is 0.381. The summed E-state index contributed by atoms with van der Waals surface area (Å²) in [6, 6.07) is 6.10. The molecule has 3 aromatic rings. The minimum atomic E-state index is -0.279. The normalized spacial score (nSPS) is 11.8. The minimum Gasteiger partial charge on any atom is -0.444 e. The quantitative estimate of drug-likeness (QED) is 0.422. The Morgan fingerprint density at radius 2 is 2.00 bits per heavy atom. The van der Waals surface area contributed by atoms with Crippen LogP contribution in [-0.4, -0.2) is 29.0 Å². The summed E-state index contributed by atoms with van der Waals surface area (Å²) in [4.78, 5) is 13.7. The van der Waals surface area contributed by atoms with Crippen LogP contribution in [0, 0.1) is 5.82 Å². The molecule has 29 heavy (non-hydrogen) atoms. The first-order valence-corrected chi connectivity index (χ1v) is 10.6. The summed E-state index contributed by atoms with van der Waals surface area (Å²) >= 11 is 1.64. The predicted octanol–water partition coefficient (Wildman–Crippen LogP) is 4.36. The molecule has 2 N–H and O–H groups in total. The summed E-state index contributed by atoms with van der Waals surface area (Å²) < 4.78 is 18.5. The van der Waals surface area contributed by atoms with E-state index in [4.69, 9.17) is 4.42 Å². The van der Waals surface area contributed by atoms with Crippen LogP contribution in [0.4, 0.5) is 4.39 Å². The summed E-state index contributed by atoms with van der Waals surface area (Å²) in [5, 5.41) is 9.65. The number of nitrogens with one attached hydrogen (secondary N) is 2. The Morgan fingerprint density at radius 1 is 1.21 bits per heavy atom. The largest absolute Gasteiger partial charge is 0.444 e. The van der Waals surface area contributed by atoms with Crippen LogP contribution in [0.5, 0.6) is 0 Å². The number of hydrogen-bond acceptors (Lipinski definition) is 5. The van der Waals surface area contributed by atoms with Gasteiger partial charge in [-0.2, -0.15) is 0 Å². The number of oxazole rings is 1. The average Bonchev–Trinajstić information content (AvgIpc) is 3.36. The summed E-state index contributed by atoms with van der Waals surface area (Å²) in [7, 11) is 0. The number of thiazole rings is 1. The smallest absolute Gasteiger partial charge is 0.226 e. The molecule has 0 unspecified atom stereocenters. The zero-order valence-electron chi connectivity index (χ0n) is 16.9. The Hall–Kier alpha value is -2.74. The number of nitrogens with zero attached hydrogens (tertiary/aromatic N) is 3. The molecule has 0 spiro atoms. The maximum absolute atomic E-state index is 13.0. The van der Waals surface area contributed by atoms with Crippen LogP contribution in [0.25, 0.3) is 11.5 Å². The zero-order chi connectivity index (χ0) is 20.6. The number of aliphatic imine (C=N–C) groups is 1. The lowest BCUT2D eigenvalue weighted by Gasteiger charge is -2.10. The molecule has 0 amide bonds. The molecule has 0 radical (unpaired) electrons. The first-order chi connectivity index (χ1) is 14.0. The van der Waals surface area contributed by atoms with Crippen LogP contribution in [0.1, 0.15) is 43.1 Å². The fourth-order valence-electron chi connectivity index (χ4n) is 2.61. The molecule has 8 heteroatoms. The van der Waals surface area contributed by atoms with Crippen molar-refractivity contribution < 1.29 is 8.81 Å². The van der Waals surface area contributed by atoms with Gasteiger partial charge in [0.1, 0.15) is 17.1 Å². The highest BCUT2D eigenvalue weighted by Gasteiger charge is 2.08. The molecule has 0 fully saturated rings. The molecule has 0 atom stereocenters. The van der Waals surface area contributed by atoms with Gasteiger partial charge in [0.15, 0.2) is 5.96 Å². The van der Waals surface area contributed by atoms with Gasteiger partial charge in [-0.15, -0.1) is 11.3 Å². The molecule has 0 saturated carbocycles. The van der Waals surface area contributed by atoms with Gasteiger partial charge in [-0.05, 0) is 37.1 Å². The number of hydrogen-bond donors (Lipinski definition) is 2. The molecule has 0 bridgehead atoms. The molecule has 0 aliphatic carbocycles. The number of guanidine groups is 1. The van der Waals surface area contributed by atoms with Gasteiger partial charge in [0.2, 0.25) is 5.89 Å². The van der Waals surface area contributed by atoms with Crippen LogP contribution < -0.4 is 10.6 Å². The van der Waals surface area contributed by atoms with Crippen molar-refractivity contribution in [2.75, 3.05) is 13.1 Å². The SMILES string of the molecule is CCNC(=NCc1nc(C(C)C)cs1)NCCc1coc(-c2ccc(F)cc2)n1. The van der Waals surface area contributed by atoms with Gasteiger partial charge in [0.05, 0.1) is 17.9 Å². The van der Waals surface area contributed by atoms with E-state index < -0.39 is 0 Å². The van der Waals surface area contributed by atoms with Gasteiger partial charge in [0.25, 0.3) is 0 Å². The van der Waals surface area contributed by atoms with E-state index >= 15 is 0 Å². The molecule has 154 valence electrons. The molecule has 6 nitrogen and oxygen atoms in total. The van der Waals surface area contributed by atoms with E-state index in [1.54, 1.807) is 29.7 Å². The van der Waals surface area contributed by atoms with Crippen molar-refractivity contribution in [2.45, 2.75) is 39.7 Å². The summed E-state index contributed by atoms with van der Waals surface area (Å²) in [5.41, 5.74) is 2.69. The van der Waals surface area contributed by atoms with Crippen molar-refractivity contribution >= 4 is 17.3 Å². The number of aromatic nitrogens is 2. The van der Waals surface area contributed by atoms with E-state index in [9.17, 15) is 4.39 Å². The molecule has 0 aliphatic heterocycles. The van der Waals surface area contributed by atoms with Crippen molar-refractivity contribution in [2.24, 2.45) is 4.99 Å². The topological polar surface area (TPSA) is 75.3 Å². The van der Waals surface area contributed by atoms with Gasteiger partial charge < -0.3 is 15.1 Å². The van der Waals surface area contributed by atoms with Crippen molar-refractivity contribution in [1.29, 1.82) is 0 Å². The van der Waals surface area contributed by atoms with E-state index in [0.717, 1.165) is 34.5 Å². The van der Waals surface area contributed by atoms with Crippen LogP contribution >= 0.6 is 11.3 Å². The predicted molar refractivity (Wildman–Crippen MR) is 115 cm³/mol. The molecule has 3 rings (SSSR count). The van der Waals surface area contributed by atoms with E-state index in [0.29, 0.717) is 31.3 Å². The lowest BCUT2D eigenvalue weighted by Crippen LogP contribution is -2.38. The Balaban J connectivity index is 1.53. The van der Waals surface area contributed by atoms with Gasteiger partial charge >= 0.3 is 0 Å². The second-order valence-electron chi connectivity index (χ2n) is 6.84. The third kappa shape index (κ3) is 6.12. The van der Waals surface area contributed by atoms with E-state index in [-0.39, 0.29) is 5.82 Å². The van der Waals surface area contributed by atoms with Crippen molar-refractivity contribution in [1.82, 2.24) is 20.6 Å². The minimum absolute atomic E-state index is 0.279. The molecule has 2 heterocycles. The van der Waals surface area contributed by atoms with Crippen molar-refractivity contribution in [3.8, 4) is 11.5 Å². The third-order valence-corrected chi connectivity index (χ3v) is 5.05. The van der Waals surface area contributed by atoms with Gasteiger partial charge in [0, 0.05) is 30.5 Å². The number of rotatable bonds is 8. The summed E-state index contributed by atoms with van der Waals surface area (Å²) in [5.74, 6) is 1.39. The first kappa shape index (κ1) is 21.0. The van der Waals surface area contributed by atoms with Gasteiger partial charge in [-0.3, -0.25) is 0 Å². The Morgan fingerprint density at radius 3 is 2.69 bits per heavy atom. The Bertz CT molecular complexity index is 933. The highest BCUT2D eigenvalue weighted by molar-refractivity contribution is 7.09. The van der Waals surface area contributed by atoms with Crippen LogP contribution in [0.3, 0.4) is 0 Å². The zero-order valence-corrected chi connectivity index (χ0v) is 17.7. The van der Waals surface area contributed by atoms with E-state index in [1.165, 1.54) is 12.1 Å². The standard InChI is InChI=1S/C21H26FN5OS/c1-4-23-21(25-11-19-27-18(13-29-19)14(2)3)24-10-9-17-12-28-20(26-17)15-5-7-16(22)8-6-15/h5-8,12-14H,4,9-11H2,1-3H3,(H2,23,24,25).